The molecule has 2 amide bonds. The number of rotatable bonds is 3. The number of likely N-dealkylation sites (N-methyl/N-ethyl adjacent to an activating group) is 1. The lowest BCUT2D eigenvalue weighted by Crippen LogP contribution is -2.32. The Labute approximate surface area is 127 Å². The highest BCUT2D eigenvalue weighted by molar-refractivity contribution is 6.06. The van der Waals surface area contributed by atoms with Crippen LogP contribution in [0.2, 0.25) is 0 Å². The Balaban J connectivity index is 2.22. The summed E-state index contributed by atoms with van der Waals surface area (Å²) in [6.07, 6.45) is 1.59. The molecule has 0 unspecified atom stereocenters. The third-order valence-corrected chi connectivity index (χ3v) is 3.97. The van der Waals surface area contributed by atoms with Gasteiger partial charge < -0.3 is 4.90 Å². The third kappa shape index (κ3) is 2.05. The molecule has 1 aromatic heterocycles. The summed E-state index contributed by atoms with van der Waals surface area (Å²) >= 11 is 0. The first-order valence-electron chi connectivity index (χ1n) is 7.13. The van der Waals surface area contributed by atoms with Crippen LogP contribution in [0.5, 0.6) is 0 Å². The van der Waals surface area contributed by atoms with Crippen molar-refractivity contribution in [3.05, 3.63) is 40.1 Å². The molecule has 1 aliphatic rings. The van der Waals surface area contributed by atoms with Crippen molar-refractivity contribution in [2.45, 2.75) is 13.8 Å². The molecule has 3 rings (SSSR count). The predicted octanol–water partition coefficient (Wildman–Crippen LogP) is 2.71. The largest absolute Gasteiger partial charge is 0.324 e. The van der Waals surface area contributed by atoms with Crippen LogP contribution in [0.4, 0.5) is 16.2 Å². The number of pyridine rings is 1. The van der Waals surface area contributed by atoms with Gasteiger partial charge in [-0.1, -0.05) is 12.1 Å². The zero-order valence-corrected chi connectivity index (χ0v) is 12.4. The number of fused-ring (bicyclic) bond motifs is 1. The molecule has 0 atom stereocenters. The van der Waals surface area contributed by atoms with Crippen molar-refractivity contribution in [1.29, 1.82) is 0 Å². The molecule has 114 valence electrons. The fourth-order valence-corrected chi connectivity index (χ4v) is 2.88. The molecular weight excluding hydrogens is 284 g/mol. The van der Waals surface area contributed by atoms with E-state index < -0.39 is 4.92 Å². The standard InChI is InChI=1S/C15H16N4O3/c1-3-17-7-8-18(15(17)20)14-10(2)9-16-13-11(14)5-4-6-12(13)19(21)22/h4-6,9H,3,7-8H2,1-2H3. The molecule has 7 heteroatoms. The molecule has 0 bridgehead atoms. The van der Waals surface area contributed by atoms with Crippen molar-refractivity contribution in [1.82, 2.24) is 9.88 Å². The summed E-state index contributed by atoms with van der Waals surface area (Å²) in [5, 5.41) is 11.8. The fourth-order valence-electron chi connectivity index (χ4n) is 2.88. The summed E-state index contributed by atoms with van der Waals surface area (Å²) in [6, 6.07) is 4.77. The minimum atomic E-state index is -0.446. The lowest BCUT2D eigenvalue weighted by molar-refractivity contribution is -0.383. The number of anilines is 1. The first-order valence-corrected chi connectivity index (χ1v) is 7.13. The maximum absolute atomic E-state index is 12.4. The Morgan fingerprint density at radius 2 is 2.14 bits per heavy atom. The van der Waals surface area contributed by atoms with Crippen LogP contribution in [0.1, 0.15) is 12.5 Å². The lowest BCUT2D eigenvalue weighted by atomic mass is 10.1. The summed E-state index contributed by atoms with van der Waals surface area (Å²) in [5.74, 6) is 0. The Morgan fingerprint density at radius 1 is 1.36 bits per heavy atom. The number of non-ortho nitro benzene ring substituents is 1. The molecule has 2 aromatic rings. The predicted molar refractivity (Wildman–Crippen MR) is 83.1 cm³/mol. The van der Waals surface area contributed by atoms with E-state index in [0.29, 0.717) is 30.5 Å². The van der Waals surface area contributed by atoms with E-state index in [0.717, 1.165) is 11.3 Å². The zero-order chi connectivity index (χ0) is 15.9. The molecule has 0 saturated carbocycles. The molecule has 1 fully saturated rings. The second kappa shape index (κ2) is 5.25. The van der Waals surface area contributed by atoms with Gasteiger partial charge in [-0.2, -0.15) is 0 Å². The lowest BCUT2D eigenvalue weighted by Gasteiger charge is -2.21. The van der Waals surface area contributed by atoms with Crippen LogP contribution >= 0.6 is 0 Å². The van der Waals surface area contributed by atoms with Gasteiger partial charge in [0, 0.05) is 37.3 Å². The van der Waals surface area contributed by atoms with E-state index >= 15 is 0 Å². The van der Waals surface area contributed by atoms with E-state index in [1.54, 1.807) is 28.1 Å². The second-order valence-corrected chi connectivity index (χ2v) is 5.23. The highest BCUT2D eigenvalue weighted by atomic mass is 16.6. The van der Waals surface area contributed by atoms with Crippen molar-refractivity contribution in [3.63, 3.8) is 0 Å². The number of nitro groups is 1. The second-order valence-electron chi connectivity index (χ2n) is 5.23. The first-order chi connectivity index (χ1) is 10.5. The highest BCUT2D eigenvalue weighted by Gasteiger charge is 2.31. The number of amides is 2. The number of hydrogen-bond donors (Lipinski definition) is 0. The fraction of sp³-hybridized carbons (Fsp3) is 0.333. The Kier molecular flexibility index (Phi) is 3.40. The number of hydrogen-bond acceptors (Lipinski definition) is 4. The van der Waals surface area contributed by atoms with E-state index in [4.69, 9.17) is 0 Å². The van der Waals surface area contributed by atoms with Crippen LogP contribution in [0.15, 0.2) is 24.4 Å². The summed E-state index contributed by atoms with van der Waals surface area (Å²) in [4.78, 5) is 30.8. The third-order valence-electron chi connectivity index (χ3n) is 3.97. The SMILES string of the molecule is CCN1CCN(c2c(C)cnc3c([N+](=O)[O-])cccc23)C1=O. The van der Waals surface area contributed by atoms with Crippen LogP contribution in [-0.2, 0) is 0 Å². The minimum Gasteiger partial charge on any atom is -0.323 e. The number of benzene rings is 1. The topological polar surface area (TPSA) is 79.6 Å². The van der Waals surface area contributed by atoms with Gasteiger partial charge in [0.05, 0.1) is 10.6 Å². The highest BCUT2D eigenvalue weighted by Crippen LogP contribution is 2.35. The Morgan fingerprint density at radius 3 is 2.77 bits per heavy atom. The number of nitro benzene ring substituents is 1. The first kappa shape index (κ1) is 14.2. The van der Waals surface area contributed by atoms with Crippen molar-refractivity contribution in [2.75, 3.05) is 24.5 Å². The van der Waals surface area contributed by atoms with Gasteiger partial charge in [0.15, 0.2) is 0 Å². The normalized spacial score (nSPS) is 14.9. The van der Waals surface area contributed by atoms with Crippen molar-refractivity contribution in [3.8, 4) is 0 Å². The average Bonchev–Trinajstić information content (AvgIpc) is 2.87. The van der Waals surface area contributed by atoms with Crippen LogP contribution < -0.4 is 4.90 Å². The van der Waals surface area contributed by atoms with Crippen LogP contribution in [-0.4, -0.2) is 40.5 Å². The van der Waals surface area contributed by atoms with E-state index in [9.17, 15) is 14.9 Å². The quantitative estimate of drug-likeness (QED) is 0.645. The summed E-state index contributed by atoms with van der Waals surface area (Å²) in [5.41, 5.74) is 1.82. The summed E-state index contributed by atoms with van der Waals surface area (Å²) in [7, 11) is 0. The number of nitrogens with zero attached hydrogens (tertiary/aromatic N) is 4. The average molecular weight is 300 g/mol. The molecule has 0 aliphatic carbocycles. The molecule has 7 nitrogen and oxygen atoms in total. The zero-order valence-electron chi connectivity index (χ0n) is 12.4. The van der Waals surface area contributed by atoms with Crippen molar-refractivity contribution in [2.24, 2.45) is 0 Å². The molecule has 1 aromatic carbocycles. The molecule has 2 heterocycles. The number of aromatic nitrogens is 1. The van der Waals surface area contributed by atoms with Crippen LogP contribution in [0, 0.1) is 17.0 Å². The van der Waals surface area contributed by atoms with Crippen LogP contribution in [0.3, 0.4) is 0 Å². The number of urea groups is 1. The van der Waals surface area contributed by atoms with E-state index in [1.807, 2.05) is 13.8 Å². The Hall–Kier alpha value is -2.70. The molecule has 0 N–H and O–H groups in total. The molecular formula is C15H16N4O3. The van der Waals surface area contributed by atoms with Gasteiger partial charge in [0.1, 0.15) is 5.52 Å². The molecule has 1 saturated heterocycles. The Bertz CT molecular complexity index is 775. The summed E-state index contributed by atoms with van der Waals surface area (Å²) in [6.45, 7) is 5.69. The molecule has 1 aliphatic heterocycles. The van der Waals surface area contributed by atoms with Gasteiger partial charge in [-0.25, -0.2) is 9.78 Å². The summed E-state index contributed by atoms with van der Waals surface area (Å²) < 4.78 is 0. The van der Waals surface area contributed by atoms with Gasteiger partial charge in [-0.15, -0.1) is 0 Å². The maximum Gasteiger partial charge on any atom is 0.324 e. The van der Waals surface area contributed by atoms with Crippen LogP contribution in [0.25, 0.3) is 10.9 Å². The molecule has 0 spiro atoms. The molecule has 22 heavy (non-hydrogen) atoms. The number of carbonyl (C=O) groups is 1. The van der Waals surface area contributed by atoms with E-state index in [2.05, 4.69) is 4.98 Å². The smallest absolute Gasteiger partial charge is 0.323 e. The monoisotopic (exact) mass is 300 g/mol. The maximum atomic E-state index is 12.4. The molecule has 0 radical (unpaired) electrons. The van der Waals surface area contributed by atoms with Crippen molar-refractivity contribution >= 4 is 28.3 Å². The minimum absolute atomic E-state index is 0.0438. The van der Waals surface area contributed by atoms with E-state index in [-0.39, 0.29) is 11.7 Å². The number of para-hydroxylation sites is 1. The van der Waals surface area contributed by atoms with E-state index in [1.165, 1.54) is 6.07 Å². The van der Waals surface area contributed by atoms with Gasteiger partial charge >= 0.3 is 6.03 Å². The van der Waals surface area contributed by atoms with Gasteiger partial charge in [-0.05, 0) is 19.4 Å². The van der Waals surface area contributed by atoms with Crippen molar-refractivity contribution < 1.29 is 9.72 Å². The number of carbonyl (C=O) groups excluding carboxylic acids is 1. The van der Waals surface area contributed by atoms with Gasteiger partial charge in [0.2, 0.25) is 0 Å². The van der Waals surface area contributed by atoms with Gasteiger partial charge in [0.25, 0.3) is 5.69 Å². The van der Waals surface area contributed by atoms with Gasteiger partial charge in [-0.3, -0.25) is 15.0 Å². The number of aryl methyl sites for hydroxylation is 1.